The van der Waals surface area contributed by atoms with Crippen molar-refractivity contribution in [3.05, 3.63) is 45.4 Å². The molecule has 3 N–H and O–H groups in total. The first-order valence-corrected chi connectivity index (χ1v) is 9.46. The van der Waals surface area contributed by atoms with Crippen LogP contribution in [0.2, 0.25) is 0 Å². The number of H-pyrrole nitrogens is 1. The van der Waals surface area contributed by atoms with Crippen LogP contribution in [0.3, 0.4) is 0 Å². The maximum Gasteiger partial charge on any atom is 0.328 e. The summed E-state index contributed by atoms with van der Waals surface area (Å²) in [5.74, 6) is -0.159. The molecule has 0 spiro atoms. The van der Waals surface area contributed by atoms with Crippen molar-refractivity contribution in [2.45, 2.75) is 39.7 Å². The number of carbonyl (C=O) groups is 1. The van der Waals surface area contributed by atoms with Gasteiger partial charge in [0.15, 0.2) is 11.5 Å². The number of hydrogen-bond acceptors (Lipinski definition) is 7. The molecule has 3 rings (SSSR count). The lowest BCUT2D eigenvalue weighted by Crippen LogP contribution is -2.18. The molecule has 0 amide bonds. The van der Waals surface area contributed by atoms with Crippen molar-refractivity contribution in [1.82, 2.24) is 19.5 Å². The Balaban J connectivity index is 1.96. The second-order valence-electron chi connectivity index (χ2n) is 6.89. The predicted molar refractivity (Wildman–Crippen MR) is 109 cm³/mol. The summed E-state index contributed by atoms with van der Waals surface area (Å²) in [6.07, 6.45) is 2.01. The first-order valence-electron chi connectivity index (χ1n) is 9.46. The van der Waals surface area contributed by atoms with Crippen LogP contribution in [0.15, 0.2) is 23.0 Å². The Kier molecular flexibility index (Phi) is 6.16. The molecule has 9 heteroatoms. The molecule has 0 aliphatic rings. The summed E-state index contributed by atoms with van der Waals surface area (Å²) in [5, 5.41) is 0. The molecule has 0 aliphatic carbocycles. The molecule has 0 saturated carbocycles. The summed E-state index contributed by atoms with van der Waals surface area (Å²) in [4.78, 5) is 35.3. The summed E-state index contributed by atoms with van der Waals surface area (Å²) in [6, 6.07) is 5.89. The topological polar surface area (TPSA) is 125 Å². The average molecular weight is 399 g/mol. The molecule has 0 bridgehead atoms. The molecule has 1 aromatic carbocycles. The van der Waals surface area contributed by atoms with E-state index in [4.69, 9.17) is 15.2 Å². The van der Waals surface area contributed by atoms with Crippen molar-refractivity contribution in [2.75, 3.05) is 19.5 Å². The number of aryl methyl sites for hydroxylation is 1. The normalized spacial score (nSPS) is 11.0. The number of methoxy groups -OCH3 is 1. The van der Waals surface area contributed by atoms with Crippen LogP contribution in [0.1, 0.15) is 36.5 Å². The number of esters is 1. The third-order valence-electron chi connectivity index (χ3n) is 4.47. The molecular formula is C20H25N5O4. The third-order valence-corrected chi connectivity index (χ3v) is 4.47. The molecule has 2 heterocycles. The van der Waals surface area contributed by atoms with E-state index in [1.165, 1.54) is 11.7 Å². The number of nitrogen functional groups attached to an aromatic ring is 1. The molecule has 0 aliphatic heterocycles. The van der Waals surface area contributed by atoms with Gasteiger partial charge in [-0.25, -0.2) is 4.79 Å². The number of rotatable bonds is 8. The quantitative estimate of drug-likeness (QED) is 0.438. The maximum atomic E-state index is 12.5. The number of nitrogens with one attached hydrogen (secondary N) is 1. The number of aromatic nitrogens is 4. The fourth-order valence-electron chi connectivity index (χ4n) is 3.11. The van der Waals surface area contributed by atoms with Crippen molar-refractivity contribution in [1.29, 1.82) is 0 Å². The first-order chi connectivity index (χ1) is 13.9. The second kappa shape index (κ2) is 8.76. The summed E-state index contributed by atoms with van der Waals surface area (Å²) in [6.45, 7) is 4.73. The maximum absolute atomic E-state index is 12.5. The largest absolute Gasteiger partial charge is 0.469 e. The highest BCUT2D eigenvalue weighted by Crippen LogP contribution is 2.19. The van der Waals surface area contributed by atoms with Crippen LogP contribution in [0.25, 0.3) is 11.2 Å². The van der Waals surface area contributed by atoms with Gasteiger partial charge in [-0.2, -0.15) is 9.97 Å². The standard InChI is InChI=1S/C20H25N5O4/c1-4-5-6-29-19-23-17(21)16-18(24-19)25(20(27)22-16)11-14-8-12(2)7-13(9-14)10-15(26)28-3/h7-9H,4-6,10-11H2,1-3H3,(H,22,27)(H2,21,23,24). The van der Waals surface area contributed by atoms with Gasteiger partial charge in [0.2, 0.25) is 0 Å². The highest BCUT2D eigenvalue weighted by molar-refractivity contribution is 5.82. The lowest BCUT2D eigenvalue weighted by atomic mass is 10.0. The van der Waals surface area contributed by atoms with Crippen molar-refractivity contribution in [3.8, 4) is 6.01 Å². The van der Waals surface area contributed by atoms with Crippen LogP contribution in [-0.2, 0) is 22.5 Å². The number of nitrogens with zero attached hydrogens (tertiary/aromatic N) is 3. The van der Waals surface area contributed by atoms with E-state index in [0.717, 1.165) is 29.5 Å². The van der Waals surface area contributed by atoms with E-state index in [2.05, 4.69) is 21.9 Å². The van der Waals surface area contributed by atoms with Crippen LogP contribution in [0, 0.1) is 6.92 Å². The number of fused-ring (bicyclic) bond motifs is 1. The van der Waals surface area contributed by atoms with Gasteiger partial charge in [-0.15, -0.1) is 0 Å². The van der Waals surface area contributed by atoms with Crippen LogP contribution in [-0.4, -0.2) is 39.2 Å². The highest BCUT2D eigenvalue weighted by atomic mass is 16.5. The fraction of sp³-hybridized carbons (Fsp3) is 0.400. The lowest BCUT2D eigenvalue weighted by molar-refractivity contribution is -0.139. The number of benzene rings is 1. The monoisotopic (exact) mass is 399 g/mol. The van der Waals surface area contributed by atoms with E-state index in [1.54, 1.807) is 0 Å². The molecule has 0 saturated heterocycles. The van der Waals surface area contributed by atoms with Gasteiger partial charge in [0, 0.05) is 0 Å². The zero-order valence-corrected chi connectivity index (χ0v) is 16.8. The number of anilines is 1. The van der Waals surface area contributed by atoms with Gasteiger partial charge in [0.05, 0.1) is 26.7 Å². The number of ether oxygens (including phenoxy) is 2. The van der Waals surface area contributed by atoms with Gasteiger partial charge in [-0.3, -0.25) is 9.36 Å². The fourth-order valence-corrected chi connectivity index (χ4v) is 3.11. The first kappa shape index (κ1) is 20.4. The molecular weight excluding hydrogens is 374 g/mol. The Morgan fingerprint density at radius 3 is 2.72 bits per heavy atom. The molecule has 3 aromatic rings. The number of nitrogens with two attached hydrogens (primary N) is 1. The van der Waals surface area contributed by atoms with Crippen LogP contribution < -0.4 is 16.2 Å². The van der Waals surface area contributed by atoms with Crippen LogP contribution >= 0.6 is 0 Å². The summed E-state index contributed by atoms with van der Waals surface area (Å²) in [5.41, 5.74) is 9.05. The van der Waals surface area contributed by atoms with Gasteiger partial charge < -0.3 is 20.2 Å². The zero-order chi connectivity index (χ0) is 21.0. The number of imidazole rings is 1. The van der Waals surface area contributed by atoms with Crippen molar-refractivity contribution < 1.29 is 14.3 Å². The van der Waals surface area contributed by atoms with Gasteiger partial charge in [0.25, 0.3) is 0 Å². The van der Waals surface area contributed by atoms with Crippen molar-refractivity contribution in [3.63, 3.8) is 0 Å². The number of carbonyl (C=O) groups excluding carboxylic acids is 1. The smallest absolute Gasteiger partial charge is 0.328 e. The minimum absolute atomic E-state index is 0.145. The van der Waals surface area contributed by atoms with Gasteiger partial charge in [-0.1, -0.05) is 37.1 Å². The highest BCUT2D eigenvalue weighted by Gasteiger charge is 2.15. The van der Waals surface area contributed by atoms with Crippen LogP contribution in [0.4, 0.5) is 5.82 Å². The SMILES string of the molecule is CCCCOc1nc(N)c2[nH]c(=O)n(Cc3cc(C)cc(CC(=O)OC)c3)c2n1. The molecule has 0 atom stereocenters. The van der Waals surface area contributed by atoms with Crippen molar-refractivity contribution >= 4 is 23.0 Å². The zero-order valence-electron chi connectivity index (χ0n) is 16.8. The van der Waals surface area contributed by atoms with Gasteiger partial charge in [-0.05, 0) is 24.5 Å². The van der Waals surface area contributed by atoms with E-state index in [9.17, 15) is 9.59 Å². The second-order valence-corrected chi connectivity index (χ2v) is 6.89. The van der Waals surface area contributed by atoms with E-state index in [1.807, 2.05) is 25.1 Å². The van der Waals surface area contributed by atoms with Gasteiger partial charge >= 0.3 is 17.7 Å². The Bertz CT molecular complexity index is 1090. The molecule has 9 nitrogen and oxygen atoms in total. The molecule has 0 unspecified atom stereocenters. The third kappa shape index (κ3) is 4.74. The predicted octanol–water partition coefficient (Wildman–Crippen LogP) is 1.95. The van der Waals surface area contributed by atoms with Crippen LogP contribution in [0.5, 0.6) is 6.01 Å². The van der Waals surface area contributed by atoms with E-state index in [0.29, 0.717) is 17.8 Å². The minimum atomic E-state index is -0.345. The lowest BCUT2D eigenvalue weighted by Gasteiger charge is -2.09. The molecule has 0 radical (unpaired) electrons. The van der Waals surface area contributed by atoms with E-state index < -0.39 is 0 Å². The summed E-state index contributed by atoms with van der Waals surface area (Å²) >= 11 is 0. The Morgan fingerprint density at radius 2 is 2.00 bits per heavy atom. The Hall–Kier alpha value is -3.36. The average Bonchev–Trinajstić information content (AvgIpc) is 2.98. The Labute approximate surface area is 167 Å². The number of unbranched alkanes of at least 4 members (excludes halogenated alkanes) is 1. The molecule has 29 heavy (non-hydrogen) atoms. The number of aromatic amines is 1. The van der Waals surface area contributed by atoms with E-state index >= 15 is 0 Å². The summed E-state index contributed by atoms with van der Waals surface area (Å²) < 4.78 is 11.8. The van der Waals surface area contributed by atoms with Gasteiger partial charge in [0.1, 0.15) is 5.52 Å². The van der Waals surface area contributed by atoms with E-state index in [-0.39, 0.29) is 36.5 Å². The molecule has 0 fully saturated rings. The summed E-state index contributed by atoms with van der Waals surface area (Å²) in [7, 11) is 1.36. The molecule has 2 aromatic heterocycles. The number of hydrogen-bond donors (Lipinski definition) is 2. The Morgan fingerprint density at radius 1 is 1.24 bits per heavy atom. The minimum Gasteiger partial charge on any atom is -0.469 e. The molecule has 154 valence electrons. The van der Waals surface area contributed by atoms with Crippen molar-refractivity contribution in [2.24, 2.45) is 0 Å².